The number of aryl methyl sites for hydroxylation is 1. The Kier molecular flexibility index (Phi) is 8.60. The van der Waals surface area contributed by atoms with E-state index in [1.165, 1.54) is 11.0 Å². The summed E-state index contributed by atoms with van der Waals surface area (Å²) in [5.41, 5.74) is 1.44. The topological polar surface area (TPSA) is 104 Å². The van der Waals surface area contributed by atoms with Crippen molar-refractivity contribution in [2.75, 3.05) is 18.4 Å². The van der Waals surface area contributed by atoms with E-state index in [1.807, 2.05) is 35.9 Å². The number of alkyl halides is 1. The van der Waals surface area contributed by atoms with Gasteiger partial charge in [0.05, 0.1) is 35.2 Å². The Morgan fingerprint density at radius 3 is 2.59 bits per heavy atom. The summed E-state index contributed by atoms with van der Waals surface area (Å²) < 4.78 is 31.3. The van der Waals surface area contributed by atoms with Crippen LogP contribution in [0.5, 0.6) is 0 Å². The highest BCUT2D eigenvalue weighted by Gasteiger charge is 2.36. The number of carbonyl (C=O) groups is 3. The second kappa shape index (κ2) is 12.2. The number of likely N-dealkylation sites (tertiary alicyclic amines) is 1. The lowest BCUT2D eigenvalue weighted by Gasteiger charge is -2.30. The summed E-state index contributed by atoms with van der Waals surface area (Å²) in [7, 11) is 1.83. The molecule has 218 valence electrons. The fraction of sp³-hybridized carbons (Fsp3) is 0.433. The first-order chi connectivity index (χ1) is 19.6. The summed E-state index contributed by atoms with van der Waals surface area (Å²) in [6, 6.07) is 9.58. The predicted molar refractivity (Wildman–Crippen MR) is 152 cm³/mol. The molecule has 0 spiro atoms. The molecule has 11 heteroatoms. The molecule has 2 aliphatic rings. The van der Waals surface area contributed by atoms with Crippen molar-refractivity contribution >= 4 is 46.0 Å². The second-order valence-corrected chi connectivity index (χ2v) is 11.5. The molecule has 1 saturated carbocycles. The van der Waals surface area contributed by atoms with Crippen molar-refractivity contribution in [3.05, 3.63) is 64.6 Å². The predicted octanol–water partition coefficient (Wildman–Crippen LogP) is 4.94. The maximum atomic E-state index is 15.1. The van der Waals surface area contributed by atoms with Crippen molar-refractivity contribution < 1.29 is 28.3 Å². The number of nitrogens with zero attached hydrogens (tertiary/aromatic N) is 2. The lowest BCUT2D eigenvalue weighted by molar-refractivity contribution is -0.143. The van der Waals surface area contributed by atoms with E-state index in [9.17, 15) is 23.9 Å². The molecule has 41 heavy (non-hydrogen) atoms. The van der Waals surface area contributed by atoms with Gasteiger partial charge < -0.3 is 25.2 Å². The summed E-state index contributed by atoms with van der Waals surface area (Å²) in [5.74, 6) is -2.65. The summed E-state index contributed by atoms with van der Waals surface area (Å²) >= 11 is 6.40. The molecule has 2 atom stereocenters. The number of carboxylic acid groups (broad SMARTS) is 1. The van der Waals surface area contributed by atoms with Gasteiger partial charge >= 0.3 is 5.97 Å². The number of rotatable bonds is 8. The van der Waals surface area contributed by atoms with Gasteiger partial charge in [0, 0.05) is 49.2 Å². The number of carbonyl (C=O) groups excluding carboxylic acids is 2. The van der Waals surface area contributed by atoms with E-state index >= 15 is 4.39 Å². The molecule has 2 fully saturated rings. The minimum atomic E-state index is -1.17. The molecule has 2 aromatic carbocycles. The molecule has 8 nitrogen and oxygen atoms in total. The van der Waals surface area contributed by atoms with Gasteiger partial charge in [0.15, 0.2) is 0 Å². The first-order valence-corrected chi connectivity index (χ1v) is 14.2. The number of hydrogen-bond donors (Lipinski definition) is 3. The van der Waals surface area contributed by atoms with Crippen molar-refractivity contribution in [2.24, 2.45) is 13.0 Å². The van der Waals surface area contributed by atoms with Crippen molar-refractivity contribution in [3.8, 4) is 0 Å². The zero-order chi connectivity index (χ0) is 29.3. The zero-order valence-corrected chi connectivity index (χ0v) is 23.5. The number of anilines is 1. The highest BCUT2D eigenvalue weighted by Crippen LogP contribution is 2.30. The van der Waals surface area contributed by atoms with Gasteiger partial charge in [0.2, 0.25) is 5.91 Å². The molecular formula is C30H33ClF2N4O4. The average molecular weight is 587 g/mol. The standard InChI is InChI=1S/C30H33ClF2N4O4/c1-36-16-23(22-4-2-3-5-27(22)36)29(39)35-26-13-25(33)18(10-24(26)31)11-28(38)37-15-19(32)12-21(37)14-34-20-8-6-17(7-9-20)30(40)41/h2-5,10,13,16-17,19-21,34H,6-9,11-12,14-15H2,1H3,(H,35,39)(H,40,41)/t17?,19-,20?,21-/m0/s1. The van der Waals surface area contributed by atoms with Crippen molar-refractivity contribution in [2.45, 2.75) is 56.8 Å². The third-order valence-corrected chi connectivity index (χ3v) is 8.58. The van der Waals surface area contributed by atoms with E-state index in [4.69, 9.17) is 11.6 Å². The zero-order valence-electron chi connectivity index (χ0n) is 22.7. The number of benzene rings is 2. The van der Waals surface area contributed by atoms with Crippen molar-refractivity contribution in [1.82, 2.24) is 14.8 Å². The summed E-state index contributed by atoms with van der Waals surface area (Å²) in [6.45, 7) is 0.322. The fourth-order valence-corrected chi connectivity index (χ4v) is 6.24. The van der Waals surface area contributed by atoms with Crippen LogP contribution in [-0.2, 0) is 23.1 Å². The van der Waals surface area contributed by atoms with E-state index in [2.05, 4.69) is 10.6 Å². The number of carboxylic acids is 1. The van der Waals surface area contributed by atoms with Crippen molar-refractivity contribution in [1.29, 1.82) is 0 Å². The highest BCUT2D eigenvalue weighted by atomic mass is 35.5. The lowest BCUT2D eigenvalue weighted by atomic mass is 9.86. The quantitative estimate of drug-likeness (QED) is 0.347. The molecule has 1 aliphatic carbocycles. The lowest BCUT2D eigenvalue weighted by Crippen LogP contribution is -2.45. The average Bonchev–Trinajstić information content (AvgIpc) is 3.50. The van der Waals surface area contributed by atoms with Gasteiger partial charge in [-0.05, 0) is 49.4 Å². The third kappa shape index (κ3) is 6.38. The Labute approximate surface area is 241 Å². The van der Waals surface area contributed by atoms with Crippen LogP contribution in [0.3, 0.4) is 0 Å². The fourth-order valence-electron chi connectivity index (χ4n) is 6.00. The molecule has 0 bridgehead atoms. The molecule has 3 N–H and O–H groups in total. The Bertz CT molecular complexity index is 1470. The van der Waals surface area contributed by atoms with Crippen LogP contribution in [0.4, 0.5) is 14.5 Å². The normalized spacial score (nSPS) is 22.7. The first-order valence-electron chi connectivity index (χ1n) is 13.8. The van der Waals surface area contributed by atoms with Crippen LogP contribution in [0.25, 0.3) is 10.9 Å². The van der Waals surface area contributed by atoms with E-state index in [0.717, 1.165) is 17.0 Å². The Hall–Kier alpha value is -3.50. The van der Waals surface area contributed by atoms with Gasteiger partial charge in [-0.25, -0.2) is 8.78 Å². The minimum Gasteiger partial charge on any atom is -0.481 e. The number of amides is 2. The van der Waals surface area contributed by atoms with Gasteiger partial charge in [-0.2, -0.15) is 0 Å². The van der Waals surface area contributed by atoms with Gasteiger partial charge in [-0.3, -0.25) is 14.4 Å². The maximum absolute atomic E-state index is 15.1. The van der Waals surface area contributed by atoms with Crippen LogP contribution in [0.1, 0.15) is 48.0 Å². The van der Waals surface area contributed by atoms with Gasteiger partial charge in [-0.15, -0.1) is 0 Å². The molecule has 2 amide bonds. The SMILES string of the molecule is Cn1cc(C(=O)Nc2cc(F)c(CC(=O)N3C[C@@H](F)C[C@H]3CNC3CCC(C(=O)O)CC3)cc2Cl)c2ccccc21. The van der Waals surface area contributed by atoms with Gasteiger partial charge in [0.25, 0.3) is 5.91 Å². The van der Waals surface area contributed by atoms with Crippen LogP contribution >= 0.6 is 11.6 Å². The number of nitrogens with one attached hydrogen (secondary N) is 2. The highest BCUT2D eigenvalue weighted by molar-refractivity contribution is 6.34. The summed E-state index contributed by atoms with van der Waals surface area (Å²) in [4.78, 5) is 38.8. The molecule has 3 aromatic rings. The Morgan fingerprint density at radius 2 is 1.85 bits per heavy atom. The van der Waals surface area contributed by atoms with E-state index in [-0.39, 0.29) is 53.7 Å². The molecule has 1 aliphatic heterocycles. The molecule has 2 heterocycles. The second-order valence-electron chi connectivity index (χ2n) is 11.1. The Morgan fingerprint density at radius 1 is 1.12 bits per heavy atom. The number of aliphatic carboxylic acids is 1. The molecule has 1 saturated heterocycles. The summed E-state index contributed by atoms with van der Waals surface area (Å²) in [6.07, 6.45) is 3.01. The third-order valence-electron chi connectivity index (χ3n) is 8.27. The molecule has 5 rings (SSSR count). The minimum absolute atomic E-state index is 0.0594. The molecule has 0 radical (unpaired) electrons. The van der Waals surface area contributed by atoms with Crippen LogP contribution < -0.4 is 10.6 Å². The summed E-state index contributed by atoms with van der Waals surface area (Å²) in [5, 5.41) is 16.1. The van der Waals surface area contributed by atoms with Crippen LogP contribution in [0, 0.1) is 11.7 Å². The Balaban J connectivity index is 1.21. The molecule has 0 unspecified atom stereocenters. The number of aromatic nitrogens is 1. The van der Waals surface area contributed by atoms with E-state index < -0.39 is 29.8 Å². The van der Waals surface area contributed by atoms with E-state index in [1.54, 1.807) is 6.20 Å². The smallest absolute Gasteiger partial charge is 0.306 e. The monoisotopic (exact) mass is 586 g/mol. The van der Waals surface area contributed by atoms with E-state index in [0.29, 0.717) is 37.8 Å². The first kappa shape index (κ1) is 29.0. The van der Waals surface area contributed by atoms with Crippen LogP contribution in [0.2, 0.25) is 5.02 Å². The number of fused-ring (bicyclic) bond motifs is 1. The van der Waals surface area contributed by atoms with Crippen LogP contribution in [0.15, 0.2) is 42.6 Å². The van der Waals surface area contributed by atoms with Gasteiger partial charge in [-0.1, -0.05) is 29.8 Å². The molecular weight excluding hydrogens is 554 g/mol. The number of halogens is 3. The van der Waals surface area contributed by atoms with Crippen LogP contribution in [-0.4, -0.2) is 63.7 Å². The maximum Gasteiger partial charge on any atom is 0.306 e. The van der Waals surface area contributed by atoms with Gasteiger partial charge in [0.1, 0.15) is 12.0 Å². The molecule has 1 aromatic heterocycles. The number of hydrogen-bond acceptors (Lipinski definition) is 4. The number of para-hydroxylation sites is 1. The largest absolute Gasteiger partial charge is 0.481 e. The van der Waals surface area contributed by atoms with Crippen molar-refractivity contribution in [3.63, 3.8) is 0 Å².